The molecule has 0 fully saturated rings. The number of aromatic nitrogens is 1. The molecule has 1 heterocycles. The minimum absolute atomic E-state index is 0.227. The SMILES string of the molecule is CCOC(=O)c1c(OC)c(NC(=O)OC(C)(C)C)cn1C. The molecule has 1 N–H and O–H groups in total. The number of nitrogens with zero attached hydrogens (tertiary/aromatic N) is 1. The highest BCUT2D eigenvalue weighted by Crippen LogP contribution is 2.31. The molecule has 0 unspecified atom stereocenters. The Morgan fingerprint density at radius 1 is 1.33 bits per heavy atom. The highest BCUT2D eigenvalue weighted by molar-refractivity contribution is 5.96. The van der Waals surface area contributed by atoms with Crippen LogP contribution in [0.15, 0.2) is 6.20 Å². The lowest BCUT2D eigenvalue weighted by Gasteiger charge is -2.19. The van der Waals surface area contributed by atoms with E-state index in [2.05, 4.69) is 5.32 Å². The Bertz CT molecular complexity index is 528. The Labute approximate surface area is 124 Å². The first kappa shape index (κ1) is 16.9. The number of ether oxygens (including phenoxy) is 3. The quantitative estimate of drug-likeness (QED) is 0.864. The van der Waals surface area contributed by atoms with E-state index in [1.54, 1.807) is 40.9 Å². The van der Waals surface area contributed by atoms with Crippen LogP contribution in [0.2, 0.25) is 0 Å². The van der Waals surface area contributed by atoms with Crippen molar-refractivity contribution in [2.75, 3.05) is 19.0 Å². The molecular weight excluding hydrogens is 276 g/mol. The van der Waals surface area contributed by atoms with E-state index in [0.717, 1.165) is 0 Å². The minimum Gasteiger partial charge on any atom is -0.492 e. The van der Waals surface area contributed by atoms with Gasteiger partial charge in [0.25, 0.3) is 0 Å². The van der Waals surface area contributed by atoms with E-state index in [-0.39, 0.29) is 18.1 Å². The lowest BCUT2D eigenvalue weighted by Crippen LogP contribution is -2.27. The maximum absolute atomic E-state index is 11.9. The number of amides is 1. The summed E-state index contributed by atoms with van der Waals surface area (Å²) in [7, 11) is 3.08. The Balaban J connectivity index is 3.02. The third kappa shape index (κ3) is 4.40. The zero-order valence-electron chi connectivity index (χ0n) is 13.3. The number of rotatable bonds is 4. The summed E-state index contributed by atoms with van der Waals surface area (Å²) in [5.41, 5.74) is -0.0431. The van der Waals surface area contributed by atoms with E-state index in [1.165, 1.54) is 11.7 Å². The molecule has 0 atom stereocenters. The van der Waals surface area contributed by atoms with Crippen molar-refractivity contribution < 1.29 is 23.8 Å². The highest BCUT2D eigenvalue weighted by Gasteiger charge is 2.25. The standard InChI is InChI=1S/C14H22N2O5/c1-7-20-12(17)10-11(19-6)9(8-16(10)5)15-13(18)21-14(2,3)4/h8H,7H2,1-6H3,(H,15,18). The molecule has 21 heavy (non-hydrogen) atoms. The Morgan fingerprint density at radius 3 is 2.43 bits per heavy atom. The third-order valence-electron chi connectivity index (χ3n) is 2.44. The molecule has 0 saturated heterocycles. The zero-order chi connectivity index (χ0) is 16.2. The van der Waals surface area contributed by atoms with Gasteiger partial charge >= 0.3 is 12.1 Å². The molecule has 0 aliphatic rings. The molecule has 0 radical (unpaired) electrons. The first-order valence-electron chi connectivity index (χ1n) is 6.60. The topological polar surface area (TPSA) is 78.8 Å². The van der Waals surface area contributed by atoms with E-state index in [4.69, 9.17) is 14.2 Å². The van der Waals surface area contributed by atoms with Gasteiger partial charge in [-0.15, -0.1) is 0 Å². The Kier molecular flexibility index (Phi) is 5.23. The molecular formula is C14H22N2O5. The number of carbonyl (C=O) groups is 2. The number of carbonyl (C=O) groups excluding carboxylic acids is 2. The lowest BCUT2D eigenvalue weighted by atomic mass is 10.2. The van der Waals surface area contributed by atoms with Crippen molar-refractivity contribution in [3.05, 3.63) is 11.9 Å². The van der Waals surface area contributed by atoms with Crippen LogP contribution in [0.25, 0.3) is 0 Å². The molecule has 0 spiro atoms. The van der Waals surface area contributed by atoms with Crippen LogP contribution >= 0.6 is 0 Å². The van der Waals surface area contributed by atoms with E-state index in [9.17, 15) is 9.59 Å². The van der Waals surface area contributed by atoms with Gasteiger partial charge in [0.2, 0.25) is 0 Å². The molecule has 0 aliphatic heterocycles. The van der Waals surface area contributed by atoms with Crippen LogP contribution in [-0.2, 0) is 16.5 Å². The number of anilines is 1. The summed E-state index contributed by atoms with van der Waals surface area (Å²) >= 11 is 0. The average molecular weight is 298 g/mol. The number of hydrogen-bond acceptors (Lipinski definition) is 5. The second-order valence-electron chi connectivity index (χ2n) is 5.38. The van der Waals surface area contributed by atoms with Gasteiger partial charge in [0.15, 0.2) is 11.4 Å². The maximum Gasteiger partial charge on any atom is 0.412 e. The summed E-state index contributed by atoms with van der Waals surface area (Å²) in [5.74, 6) is -0.282. The molecule has 0 aromatic carbocycles. The highest BCUT2D eigenvalue weighted by atomic mass is 16.6. The van der Waals surface area contributed by atoms with Gasteiger partial charge < -0.3 is 18.8 Å². The van der Waals surface area contributed by atoms with Crippen molar-refractivity contribution in [2.45, 2.75) is 33.3 Å². The summed E-state index contributed by atoms with van der Waals surface area (Å²) in [5, 5.41) is 2.56. The number of methoxy groups -OCH3 is 1. The van der Waals surface area contributed by atoms with Crippen molar-refractivity contribution in [2.24, 2.45) is 7.05 Å². The number of hydrogen-bond donors (Lipinski definition) is 1. The lowest BCUT2D eigenvalue weighted by molar-refractivity contribution is 0.0510. The van der Waals surface area contributed by atoms with Gasteiger partial charge in [0.1, 0.15) is 11.3 Å². The Morgan fingerprint density at radius 2 is 1.95 bits per heavy atom. The van der Waals surface area contributed by atoms with Crippen molar-refractivity contribution in [3.8, 4) is 5.75 Å². The third-order valence-corrected chi connectivity index (χ3v) is 2.44. The monoisotopic (exact) mass is 298 g/mol. The summed E-state index contributed by atoms with van der Waals surface area (Å²) in [6.45, 7) is 7.26. The predicted octanol–water partition coefficient (Wildman–Crippen LogP) is 2.56. The maximum atomic E-state index is 11.9. The molecule has 1 amide bonds. The zero-order valence-corrected chi connectivity index (χ0v) is 13.3. The predicted molar refractivity (Wildman–Crippen MR) is 77.8 cm³/mol. The molecule has 1 rings (SSSR count). The Hall–Kier alpha value is -2.18. The van der Waals surface area contributed by atoms with E-state index >= 15 is 0 Å². The normalized spacial score (nSPS) is 11.0. The van der Waals surface area contributed by atoms with Gasteiger partial charge in [-0.25, -0.2) is 9.59 Å². The summed E-state index contributed by atoms with van der Waals surface area (Å²) in [4.78, 5) is 23.7. The van der Waals surface area contributed by atoms with Crippen molar-refractivity contribution in [1.29, 1.82) is 0 Å². The first-order valence-corrected chi connectivity index (χ1v) is 6.60. The number of aryl methyl sites for hydroxylation is 1. The van der Waals surface area contributed by atoms with Crippen molar-refractivity contribution in [3.63, 3.8) is 0 Å². The van der Waals surface area contributed by atoms with Crippen molar-refractivity contribution >= 4 is 17.7 Å². The summed E-state index contributed by atoms with van der Waals surface area (Å²) in [6, 6.07) is 0. The second-order valence-corrected chi connectivity index (χ2v) is 5.38. The van der Waals surface area contributed by atoms with Gasteiger partial charge in [0.05, 0.1) is 13.7 Å². The molecule has 7 nitrogen and oxygen atoms in total. The molecule has 1 aromatic heterocycles. The molecule has 7 heteroatoms. The minimum atomic E-state index is -0.623. The summed E-state index contributed by atoms with van der Waals surface area (Å²) in [6.07, 6.45) is 0.941. The van der Waals surface area contributed by atoms with Crippen LogP contribution < -0.4 is 10.1 Å². The van der Waals surface area contributed by atoms with Crippen LogP contribution in [0.3, 0.4) is 0 Å². The summed E-state index contributed by atoms with van der Waals surface area (Å²) < 4.78 is 16.9. The first-order chi connectivity index (χ1) is 9.69. The van der Waals surface area contributed by atoms with E-state index in [0.29, 0.717) is 5.69 Å². The number of nitrogens with one attached hydrogen (secondary N) is 1. The van der Waals surface area contributed by atoms with Crippen LogP contribution in [0, 0.1) is 0 Å². The van der Waals surface area contributed by atoms with E-state index < -0.39 is 17.7 Å². The fourth-order valence-corrected chi connectivity index (χ4v) is 1.75. The largest absolute Gasteiger partial charge is 0.492 e. The van der Waals surface area contributed by atoms with Gasteiger partial charge in [-0.1, -0.05) is 0 Å². The number of esters is 1. The van der Waals surface area contributed by atoms with E-state index in [1.807, 2.05) is 0 Å². The van der Waals surface area contributed by atoms with Crippen LogP contribution in [0.5, 0.6) is 5.75 Å². The van der Waals surface area contributed by atoms with Crippen LogP contribution in [0.4, 0.5) is 10.5 Å². The average Bonchev–Trinajstić information content (AvgIpc) is 2.62. The van der Waals surface area contributed by atoms with Gasteiger partial charge in [-0.05, 0) is 27.7 Å². The molecule has 118 valence electrons. The smallest absolute Gasteiger partial charge is 0.412 e. The van der Waals surface area contributed by atoms with Gasteiger partial charge in [0, 0.05) is 13.2 Å². The molecule has 0 saturated carbocycles. The molecule has 0 bridgehead atoms. The fraction of sp³-hybridized carbons (Fsp3) is 0.571. The second kappa shape index (κ2) is 6.51. The fourth-order valence-electron chi connectivity index (χ4n) is 1.75. The van der Waals surface area contributed by atoms with Gasteiger partial charge in [-0.2, -0.15) is 0 Å². The van der Waals surface area contributed by atoms with Gasteiger partial charge in [-0.3, -0.25) is 5.32 Å². The van der Waals surface area contributed by atoms with Crippen LogP contribution in [0.1, 0.15) is 38.2 Å². The van der Waals surface area contributed by atoms with Crippen molar-refractivity contribution in [1.82, 2.24) is 4.57 Å². The molecule has 1 aromatic rings. The van der Waals surface area contributed by atoms with Crippen LogP contribution in [-0.4, -0.2) is 35.9 Å². The molecule has 0 aliphatic carbocycles.